The summed E-state index contributed by atoms with van der Waals surface area (Å²) in [4.78, 5) is 26.6. The maximum Gasteiger partial charge on any atom is 0.270 e. The second-order valence-electron chi connectivity index (χ2n) is 11.1. The van der Waals surface area contributed by atoms with Crippen molar-refractivity contribution >= 4 is 27.4 Å². The zero-order valence-corrected chi connectivity index (χ0v) is 23.3. The number of sulfonamides is 1. The van der Waals surface area contributed by atoms with E-state index in [1.54, 1.807) is 29.9 Å². The fourth-order valence-corrected chi connectivity index (χ4v) is 6.22. The predicted molar refractivity (Wildman–Crippen MR) is 144 cm³/mol. The van der Waals surface area contributed by atoms with E-state index in [1.807, 2.05) is 19.9 Å². The zero-order valence-electron chi connectivity index (χ0n) is 22.5. The molecule has 0 spiro atoms. The molecule has 0 saturated heterocycles. The summed E-state index contributed by atoms with van der Waals surface area (Å²) < 4.78 is 44.2. The number of amides is 2. The molecule has 1 saturated carbocycles. The van der Waals surface area contributed by atoms with E-state index >= 15 is 4.39 Å². The Morgan fingerprint density at radius 1 is 1.26 bits per heavy atom. The van der Waals surface area contributed by atoms with Crippen LogP contribution in [-0.4, -0.2) is 35.3 Å². The molecule has 1 aromatic carbocycles. The molecule has 2 N–H and O–H groups in total. The molecule has 10 heteroatoms. The van der Waals surface area contributed by atoms with Crippen LogP contribution in [0.25, 0.3) is 5.57 Å². The number of halogens is 1. The van der Waals surface area contributed by atoms with Gasteiger partial charge in [-0.2, -0.15) is 5.10 Å². The highest BCUT2D eigenvalue weighted by Crippen LogP contribution is 2.39. The lowest BCUT2D eigenvalue weighted by atomic mass is 9.79. The molecule has 2 aromatic rings. The molecular weight excluding hydrogens is 507 g/mol. The molecule has 2 heterocycles. The maximum atomic E-state index is 15.4. The van der Waals surface area contributed by atoms with Crippen LogP contribution < -0.4 is 10.0 Å². The van der Waals surface area contributed by atoms with Crippen molar-refractivity contribution in [3.8, 4) is 0 Å². The quantitative estimate of drug-likeness (QED) is 0.325. The van der Waals surface area contributed by atoms with Crippen molar-refractivity contribution in [2.24, 2.45) is 5.92 Å². The van der Waals surface area contributed by atoms with Crippen LogP contribution in [0.5, 0.6) is 0 Å². The molecule has 1 atom stereocenters. The Kier molecular flexibility index (Phi) is 8.11. The van der Waals surface area contributed by atoms with Gasteiger partial charge < -0.3 is 5.32 Å². The van der Waals surface area contributed by atoms with Crippen molar-refractivity contribution < 1.29 is 22.4 Å². The van der Waals surface area contributed by atoms with E-state index < -0.39 is 38.4 Å². The maximum absolute atomic E-state index is 15.4. The summed E-state index contributed by atoms with van der Waals surface area (Å²) >= 11 is 0. The summed E-state index contributed by atoms with van der Waals surface area (Å²) in [6.45, 7) is 8.54. The van der Waals surface area contributed by atoms with Crippen LogP contribution in [0.4, 0.5) is 4.39 Å². The largest absolute Gasteiger partial charge is 0.342 e. The number of aromatic nitrogens is 2. The van der Waals surface area contributed by atoms with E-state index in [2.05, 4.69) is 22.1 Å². The number of aryl methyl sites for hydroxylation is 1. The van der Waals surface area contributed by atoms with Gasteiger partial charge in [-0.3, -0.25) is 14.3 Å². The first-order chi connectivity index (χ1) is 17.9. The first-order valence-electron chi connectivity index (χ1n) is 13.4. The number of nitrogens with zero attached hydrogens (tertiary/aromatic N) is 2. The minimum atomic E-state index is -3.88. The Bertz CT molecular complexity index is 1360. The standard InChI is InChI=1S/C28H37FN4O4S/c1-5-6-7-8-19-9-12-22(23(29)15-19)28(4)16-21(24-13-14-33(31-24)17-18(2)3)25(26(34)30-28)27(35)32-38(36,37)20-10-11-20/h9,12-15,18,20H,5-8,10-11,16-17H2,1-4H3,(H,30,34)(H,32,35)/t28-/m0/s1. The average molecular weight is 545 g/mol. The minimum Gasteiger partial charge on any atom is -0.342 e. The van der Waals surface area contributed by atoms with Gasteiger partial charge in [0.15, 0.2) is 0 Å². The van der Waals surface area contributed by atoms with Gasteiger partial charge in [0.25, 0.3) is 11.8 Å². The Morgan fingerprint density at radius 2 is 2.00 bits per heavy atom. The Hall–Kier alpha value is -3.01. The minimum absolute atomic E-state index is 0.0652. The van der Waals surface area contributed by atoms with E-state index in [4.69, 9.17) is 0 Å². The van der Waals surface area contributed by atoms with Crippen molar-refractivity contribution in [1.82, 2.24) is 19.8 Å². The highest BCUT2D eigenvalue weighted by atomic mass is 32.2. The van der Waals surface area contributed by atoms with E-state index in [-0.39, 0.29) is 17.6 Å². The number of rotatable bonds is 11. The van der Waals surface area contributed by atoms with Crippen molar-refractivity contribution in [3.63, 3.8) is 0 Å². The third-order valence-corrected chi connectivity index (χ3v) is 8.89. The summed E-state index contributed by atoms with van der Waals surface area (Å²) in [5, 5.41) is 6.75. The Morgan fingerprint density at radius 3 is 2.63 bits per heavy atom. The van der Waals surface area contributed by atoms with Gasteiger partial charge in [-0.1, -0.05) is 45.7 Å². The lowest BCUT2D eigenvalue weighted by Crippen LogP contribution is -2.51. The van der Waals surface area contributed by atoms with Crippen LogP contribution in [-0.2, 0) is 38.1 Å². The average Bonchev–Trinajstić information content (AvgIpc) is 3.59. The van der Waals surface area contributed by atoms with Crippen LogP contribution in [0.3, 0.4) is 0 Å². The summed E-state index contributed by atoms with van der Waals surface area (Å²) in [6.07, 6.45) is 6.66. The lowest BCUT2D eigenvalue weighted by molar-refractivity contribution is -0.124. The van der Waals surface area contributed by atoms with Gasteiger partial charge in [0, 0.05) is 30.3 Å². The molecule has 38 heavy (non-hydrogen) atoms. The highest BCUT2D eigenvalue weighted by molar-refractivity contribution is 7.91. The number of nitrogens with one attached hydrogen (secondary N) is 2. The van der Waals surface area contributed by atoms with Crippen LogP contribution in [0, 0.1) is 11.7 Å². The molecule has 8 nitrogen and oxygen atoms in total. The van der Waals surface area contributed by atoms with Crippen molar-refractivity contribution in [2.75, 3.05) is 0 Å². The van der Waals surface area contributed by atoms with Crippen LogP contribution in [0.15, 0.2) is 36.0 Å². The van der Waals surface area contributed by atoms with Crippen molar-refractivity contribution in [3.05, 3.63) is 58.7 Å². The van der Waals surface area contributed by atoms with Gasteiger partial charge in [0.05, 0.1) is 16.5 Å². The molecule has 0 bridgehead atoms. The number of hydrogen-bond acceptors (Lipinski definition) is 5. The Labute approximate surface area is 224 Å². The second kappa shape index (κ2) is 11.0. The van der Waals surface area contributed by atoms with Gasteiger partial charge in [0.1, 0.15) is 11.4 Å². The molecule has 1 aliphatic heterocycles. The monoisotopic (exact) mass is 544 g/mol. The molecule has 2 aliphatic rings. The third kappa shape index (κ3) is 6.17. The molecule has 4 rings (SSSR count). The van der Waals surface area contributed by atoms with E-state index in [9.17, 15) is 18.0 Å². The summed E-state index contributed by atoms with van der Waals surface area (Å²) in [6, 6.07) is 6.77. The number of unbranched alkanes of at least 4 members (excludes halogenated alkanes) is 2. The van der Waals surface area contributed by atoms with Crippen LogP contribution in [0.2, 0.25) is 0 Å². The van der Waals surface area contributed by atoms with Gasteiger partial charge in [-0.25, -0.2) is 17.5 Å². The lowest BCUT2D eigenvalue weighted by Gasteiger charge is -2.37. The molecule has 1 fully saturated rings. The first-order valence-corrected chi connectivity index (χ1v) is 14.9. The molecular formula is C28H37FN4O4S. The zero-order chi connectivity index (χ0) is 27.7. The van der Waals surface area contributed by atoms with Crippen LogP contribution >= 0.6 is 0 Å². The van der Waals surface area contributed by atoms with Crippen LogP contribution in [0.1, 0.15) is 83.0 Å². The molecule has 2 amide bonds. The number of carbonyl (C=O) groups excluding carboxylic acids is 2. The second-order valence-corrected chi connectivity index (χ2v) is 13.0. The number of benzene rings is 1. The summed E-state index contributed by atoms with van der Waals surface area (Å²) in [5.41, 5.74) is 0.386. The number of carbonyl (C=O) groups is 2. The third-order valence-electron chi connectivity index (χ3n) is 7.07. The topological polar surface area (TPSA) is 110 Å². The van der Waals surface area contributed by atoms with Gasteiger partial charge in [-0.15, -0.1) is 0 Å². The molecule has 206 valence electrons. The fraction of sp³-hybridized carbons (Fsp3) is 0.536. The van der Waals surface area contributed by atoms with Gasteiger partial charge in [-0.05, 0) is 56.2 Å². The smallest absolute Gasteiger partial charge is 0.270 e. The van der Waals surface area contributed by atoms with Gasteiger partial charge >= 0.3 is 0 Å². The molecule has 0 unspecified atom stereocenters. The summed E-state index contributed by atoms with van der Waals surface area (Å²) in [5.74, 6) is -1.87. The first kappa shape index (κ1) is 28.0. The highest BCUT2D eigenvalue weighted by Gasteiger charge is 2.44. The van der Waals surface area contributed by atoms with Crippen molar-refractivity contribution in [1.29, 1.82) is 0 Å². The number of hydrogen-bond donors (Lipinski definition) is 2. The normalized spacial score (nSPS) is 20.1. The SMILES string of the molecule is CCCCCc1ccc([C@]2(C)CC(c3ccn(CC(C)C)n3)=C(C(=O)NS(=O)(=O)C3CC3)C(=O)N2)c(F)c1. The summed E-state index contributed by atoms with van der Waals surface area (Å²) in [7, 11) is -3.88. The van der Waals surface area contributed by atoms with E-state index in [1.165, 1.54) is 6.07 Å². The molecule has 1 aliphatic carbocycles. The molecule has 0 radical (unpaired) electrons. The Balaban J connectivity index is 1.72. The fourth-order valence-electron chi connectivity index (χ4n) is 4.94. The van der Waals surface area contributed by atoms with E-state index in [0.29, 0.717) is 36.6 Å². The predicted octanol–water partition coefficient (Wildman–Crippen LogP) is 4.21. The van der Waals surface area contributed by atoms with E-state index in [0.717, 1.165) is 31.2 Å². The molecule has 1 aromatic heterocycles. The van der Waals surface area contributed by atoms with Gasteiger partial charge in [0.2, 0.25) is 10.0 Å². The van der Waals surface area contributed by atoms with Crippen molar-refractivity contribution in [2.45, 2.75) is 90.0 Å².